The molecule has 0 saturated heterocycles. The lowest BCUT2D eigenvalue weighted by molar-refractivity contribution is -0.119. The third kappa shape index (κ3) is 4.73. The molecule has 2 N–H and O–H groups in total. The third-order valence-electron chi connectivity index (χ3n) is 3.70. The lowest BCUT2D eigenvalue weighted by Gasteiger charge is -2.05. The minimum atomic E-state index is -0.953. The smallest absolute Gasteiger partial charge is 0.257 e. The molecule has 0 radical (unpaired) electrons. The second-order valence-electron chi connectivity index (χ2n) is 5.73. The Morgan fingerprint density at radius 3 is 2.48 bits per heavy atom. The van der Waals surface area contributed by atoms with Gasteiger partial charge in [-0.1, -0.05) is 12.1 Å². The molecule has 0 bridgehead atoms. The summed E-state index contributed by atoms with van der Waals surface area (Å²) in [6.45, 7) is 1.83. The minimum Gasteiger partial charge on any atom is -0.352 e. The Morgan fingerprint density at radius 2 is 1.81 bits per heavy atom. The van der Waals surface area contributed by atoms with Crippen molar-refractivity contribution in [3.8, 4) is 11.3 Å². The van der Waals surface area contributed by atoms with Gasteiger partial charge in [0, 0.05) is 30.0 Å². The van der Waals surface area contributed by atoms with Gasteiger partial charge in [-0.05, 0) is 35.9 Å². The fraction of sp³-hybridized carbons (Fsp3) is 0.105. The van der Waals surface area contributed by atoms with Crippen molar-refractivity contribution in [1.82, 2.24) is 10.3 Å². The van der Waals surface area contributed by atoms with Crippen LogP contribution in [0.2, 0.25) is 0 Å². The van der Waals surface area contributed by atoms with E-state index in [9.17, 15) is 18.4 Å². The van der Waals surface area contributed by atoms with Crippen LogP contribution in [-0.2, 0) is 11.3 Å². The van der Waals surface area contributed by atoms with E-state index in [0.717, 1.165) is 17.7 Å². The Labute approximate surface area is 158 Å². The van der Waals surface area contributed by atoms with Gasteiger partial charge in [0.15, 0.2) is 16.8 Å². The number of thiazole rings is 1. The Bertz CT molecular complexity index is 987. The summed E-state index contributed by atoms with van der Waals surface area (Å²) in [5.41, 5.74) is 2.18. The zero-order valence-corrected chi connectivity index (χ0v) is 15.1. The molecule has 27 heavy (non-hydrogen) atoms. The van der Waals surface area contributed by atoms with Gasteiger partial charge in [-0.2, -0.15) is 0 Å². The minimum absolute atomic E-state index is 0.127. The number of halogens is 2. The molecule has 5 nitrogen and oxygen atoms in total. The maximum atomic E-state index is 13.3. The monoisotopic (exact) mass is 387 g/mol. The van der Waals surface area contributed by atoms with Crippen molar-refractivity contribution in [3.63, 3.8) is 0 Å². The molecule has 138 valence electrons. The molecule has 1 aromatic heterocycles. The molecule has 1 heterocycles. The highest BCUT2D eigenvalue weighted by Crippen LogP contribution is 2.26. The van der Waals surface area contributed by atoms with Gasteiger partial charge in [0.25, 0.3) is 5.91 Å². The van der Waals surface area contributed by atoms with Crippen LogP contribution in [0.1, 0.15) is 22.8 Å². The number of nitrogens with zero attached hydrogens (tertiary/aromatic N) is 1. The van der Waals surface area contributed by atoms with Crippen LogP contribution >= 0.6 is 11.3 Å². The summed E-state index contributed by atoms with van der Waals surface area (Å²) in [5, 5.41) is 7.35. The standard InChI is InChI=1S/C19H15F2N3O2S/c1-11(25)22-9-12-2-4-13(5-3-12)18(26)24-19-23-17(10-27-19)14-6-7-15(20)16(21)8-14/h2-8,10H,9H2,1H3,(H,22,25)(H,23,24,26). The Kier molecular flexibility index (Phi) is 5.56. The molecule has 0 aliphatic heterocycles. The van der Waals surface area contributed by atoms with Gasteiger partial charge >= 0.3 is 0 Å². The fourth-order valence-electron chi connectivity index (χ4n) is 2.29. The summed E-state index contributed by atoms with van der Waals surface area (Å²) in [6, 6.07) is 10.3. The largest absolute Gasteiger partial charge is 0.352 e. The number of anilines is 1. The molecule has 0 aliphatic rings. The predicted octanol–water partition coefficient (Wildman–Crippen LogP) is 3.98. The zero-order valence-electron chi connectivity index (χ0n) is 14.3. The molecule has 0 atom stereocenters. The topological polar surface area (TPSA) is 71.1 Å². The number of benzene rings is 2. The number of nitrogens with one attached hydrogen (secondary N) is 2. The highest BCUT2D eigenvalue weighted by molar-refractivity contribution is 7.14. The number of carbonyl (C=O) groups excluding carboxylic acids is 2. The van der Waals surface area contributed by atoms with Crippen molar-refractivity contribution in [3.05, 3.63) is 70.6 Å². The average Bonchev–Trinajstić information content (AvgIpc) is 3.11. The molecule has 8 heteroatoms. The van der Waals surface area contributed by atoms with Crippen LogP contribution < -0.4 is 10.6 Å². The first-order valence-electron chi connectivity index (χ1n) is 7.98. The van der Waals surface area contributed by atoms with E-state index in [0.29, 0.717) is 28.5 Å². The quantitative estimate of drug-likeness (QED) is 0.696. The molecule has 0 spiro atoms. The van der Waals surface area contributed by atoms with Gasteiger partial charge in [-0.25, -0.2) is 13.8 Å². The molecular weight excluding hydrogens is 372 g/mol. The first kappa shape index (κ1) is 18.7. The first-order chi connectivity index (χ1) is 12.9. The average molecular weight is 387 g/mol. The van der Waals surface area contributed by atoms with E-state index in [1.807, 2.05) is 0 Å². The number of amides is 2. The van der Waals surface area contributed by atoms with Gasteiger partial charge in [0.1, 0.15) is 0 Å². The van der Waals surface area contributed by atoms with Crippen molar-refractivity contribution < 1.29 is 18.4 Å². The predicted molar refractivity (Wildman–Crippen MR) is 99.4 cm³/mol. The molecule has 0 saturated carbocycles. The van der Waals surface area contributed by atoms with Gasteiger partial charge in [0.05, 0.1) is 5.69 Å². The van der Waals surface area contributed by atoms with Gasteiger partial charge in [-0.15, -0.1) is 11.3 Å². The molecule has 3 rings (SSSR count). The molecule has 2 aromatic carbocycles. The van der Waals surface area contributed by atoms with Crippen molar-refractivity contribution >= 4 is 28.3 Å². The second-order valence-corrected chi connectivity index (χ2v) is 6.59. The van der Waals surface area contributed by atoms with Crippen LogP contribution in [0.4, 0.5) is 13.9 Å². The SMILES string of the molecule is CC(=O)NCc1ccc(C(=O)Nc2nc(-c3ccc(F)c(F)c3)cs2)cc1. The van der Waals surface area contributed by atoms with E-state index < -0.39 is 11.6 Å². The maximum absolute atomic E-state index is 13.3. The van der Waals surface area contributed by atoms with Gasteiger partial charge < -0.3 is 5.32 Å². The number of hydrogen-bond acceptors (Lipinski definition) is 4. The number of hydrogen-bond donors (Lipinski definition) is 2. The van der Waals surface area contributed by atoms with E-state index in [1.165, 1.54) is 24.3 Å². The molecule has 2 amide bonds. The van der Waals surface area contributed by atoms with Crippen LogP contribution in [0.15, 0.2) is 47.8 Å². The lowest BCUT2D eigenvalue weighted by atomic mass is 10.1. The molecule has 0 fully saturated rings. The summed E-state index contributed by atoms with van der Waals surface area (Å²) >= 11 is 1.19. The highest BCUT2D eigenvalue weighted by atomic mass is 32.1. The van der Waals surface area contributed by atoms with Crippen LogP contribution in [0.5, 0.6) is 0 Å². The van der Waals surface area contributed by atoms with Crippen LogP contribution in [0.25, 0.3) is 11.3 Å². The van der Waals surface area contributed by atoms with Gasteiger partial charge in [-0.3, -0.25) is 14.9 Å². The van der Waals surface area contributed by atoms with Crippen molar-refractivity contribution in [1.29, 1.82) is 0 Å². The Balaban J connectivity index is 1.67. The lowest BCUT2D eigenvalue weighted by Crippen LogP contribution is -2.19. The van der Waals surface area contributed by atoms with Crippen molar-refractivity contribution in [2.24, 2.45) is 0 Å². The Hall–Kier alpha value is -3.13. The number of carbonyl (C=O) groups is 2. The van der Waals surface area contributed by atoms with E-state index in [2.05, 4.69) is 15.6 Å². The first-order valence-corrected chi connectivity index (χ1v) is 8.86. The third-order valence-corrected chi connectivity index (χ3v) is 4.46. The van der Waals surface area contributed by atoms with E-state index >= 15 is 0 Å². The summed E-state index contributed by atoms with van der Waals surface area (Å²) in [6.07, 6.45) is 0. The number of aromatic nitrogens is 1. The number of rotatable bonds is 5. The maximum Gasteiger partial charge on any atom is 0.257 e. The van der Waals surface area contributed by atoms with Crippen LogP contribution in [0, 0.1) is 11.6 Å². The van der Waals surface area contributed by atoms with E-state index in [1.54, 1.807) is 29.6 Å². The highest BCUT2D eigenvalue weighted by Gasteiger charge is 2.11. The van der Waals surface area contributed by atoms with Crippen LogP contribution in [0.3, 0.4) is 0 Å². The Morgan fingerprint density at radius 1 is 1.07 bits per heavy atom. The molecular formula is C19H15F2N3O2S. The van der Waals surface area contributed by atoms with Crippen molar-refractivity contribution in [2.75, 3.05) is 5.32 Å². The normalized spacial score (nSPS) is 10.5. The summed E-state index contributed by atoms with van der Waals surface area (Å²) in [7, 11) is 0. The summed E-state index contributed by atoms with van der Waals surface area (Å²) in [5.74, 6) is -2.35. The van der Waals surface area contributed by atoms with E-state index in [4.69, 9.17) is 0 Å². The molecule has 0 aliphatic carbocycles. The van der Waals surface area contributed by atoms with Crippen LogP contribution in [-0.4, -0.2) is 16.8 Å². The van der Waals surface area contributed by atoms with Gasteiger partial charge in [0.2, 0.25) is 5.91 Å². The van der Waals surface area contributed by atoms with Crippen molar-refractivity contribution in [2.45, 2.75) is 13.5 Å². The second kappa shape index (κ2) is 8.05. The zero-order chi connectivity index (χ0) is 19.4. The molecule has 3 aromatic rings. The summed E-state index contributed by atoms with van der Waals surface area (Å²) < 4.78 is 26.4. The summed E-state index contributed by atoms with van der Waals surface area (Å²) in [4.78, 5) is 27.5. The fourth-order valence-corrected chi connectivity index (χ4v) is 3.00. The van der Waals surface area contributed by atoms with E-state index in [-0.39, 0.29) is 11.8 Å². The molecule has 0 unspecified atom stereocenters.